The summed E-state index contributed by atoms with van der Waals surface area (Å²) in [6, 6.07) is 8.92. The smallest absolute Gasteiger partial charge is 0.335 e. The lowest BCUT2D eigenvalue weighted by Gasteiger charge is -2.21. The van der Waals surface area contributed by atoms with Gasteiger partial charge in [-0.05, 0) is 43.2 Å². The van der Waals surface area contributed by atoms with E-state index in [4.69, 9.17) is 42.5 Å². The number of halogens is 2. The summed E-state index contributed by atoms with van der Waals surface area (Å²) in [5, 5.41) is 1.34. The Labute approximate surface area is 259 Å². The van der Waals surface area contributed by atoms with Crippen LogP contribution in [0.5, 0.6) is 5.75 Å². The average molecular weight is 634 g/mol. The Morgan fingerprint density at radius 2 is 1.65 bits per heavy atom. The Kier molecular flexibility index (Phi) is 11.4. The Morgan fingerprint density at radius 1 is 0.977 bits per heavy atom. The molecule has 0 spiro atoms. The number of benzene rings is 1. The average Bonchev–Trinajstić information content (AvgIpc) is 3.50. The predicted molar refractivity (Wildman–Crippen MR) is 160 cm³/mol. The number of fused-ring (bicyclic) bond motifs is 1. The minimum absolute atomic E-state index is 0.00841. The number of hydrogen-bond acceptors (Lipinski definition) is 8. The van der Waals surface area contributed by atoms with Gasteiger partial charge in [0.25, 0.3) is 11.8 Å². The van der Waals surface area contributed by atoms with Crippen molar-refractivity contribution in [2.45, 2.75) is 52.4 Å². The zero-order valence-corrected chi connectivity index (χ0v) is 25.7. The van der Waals surface area contributed by atoms with E-state index in [1.807, 2.05) is 30.9 Å². The molecule has 0 unspecified atom stereocenters. The normalized spacial score (nSPS) is 13.2. The minimum atomic E-state index is -0.722. The van der Waals surface area contributed by atoms with Crippen LogP contribution in [-0.2, 0) is 35.2 Å². The maximum atomic E-state index is 13.3. The first kappa shape index (κ1) is 32.2. The van der Waals surface area contributed by atoms with Crippen molar-refractivity contribution in [2.24, 2.45) is 0 Å². The molecular weight excluding hydrogens is 599 g/mol. The quantitative estimate of drug-likeness (QED) is 0.172. The lowest BCUT2D eigenvalue weighted by Crippen LogP contribution is -2.34. The fraction of sp³-hybridized carbons (Fsp3) is 0.433. The van der Waals surface area contributed by atoms with Gasteiger partial charge in [-0.15, -0.1) is 5.06 Å². The monoisotopic (exact) mass is 632 g/mol. The lowest BCUT2D eigenvalue weighted by atomic mass is 10.1. The second-order valence-electron chi connectivity index (χ2n) is 9.94. The van der Waals surface area contributed by atoms with Crippen LogP contribution in [0, 0.1) is 0 Å². The first-order valence-electron chi connectivity index (χ1n) is 14.2. The largest absolute Gasteiger partial charge is 0.491 e. The van der Waals surface area contributed by atoms with Crippen molar-refractivity contribution in [3.05, 3.63) is 52.3 Å². The standard InChI is InChI=1S/C30H34Cl2N4O7/c1-3-12-34(13-4-2)27(39)18-24-29(33-30-23(32)17-21(31)19-35(24)30)20-5-7-22(8-6-20)42-16-15-41-14-11-28(40)43-36-25(37)9-10-26(36)38/h5-8,17,19H,3-4,9-16,18H2,1-2H3. The van der Waals surface area contributed by atoms with Crippen molar-refractivity contribution in [2.75, 3.05) is 32.9 Å². The van der Waals surface area contributed by atoms with Gasteiger partial charge < -0.3 is 23.6 Å². The van der Waals surface area contributed by atoms with E-state index in [2.05, 4.69) is 0 Å². The summed E-state index contributed by atoms with van der Waals surface area (Å²) in [7, 11) is 0. The highest BCUT2D eigenvalue weighted by molar-refractivity contribution is 6.36. The van der Waals surface area contributed by atoms with Gasteiger partial charge in [-0.25, -0.2) is 9.78 Å². The van der Waals surface area contributed by atoms with Gasteiger partial charge in [-0.1, -0.05) is 37.0 Å². The van der Waals surface area contributed by atoms with Crippen molar-refractivity contribution in [1.82, 2.24) is 19.3 Å². The van der Waals surface area contributed by atoms with E-state index in [0.717, 1.165) is 18.4 Å². The number of hydrogen-bond donors (Lipinski definition) is 0. The second kappa shape index (κ2) is 15.2. The molecule has 0 radical (unpaired) electrons. The zero-order chi connectivity index (χ0) is 30.9. The van der Waals surface area contributed by atoms with Gasteiger partial charge in [0.05, 0.1) is 47.5 Å². The summed E-state index contributed by atoms with van der Waals surface area (Å²) in [5.74, 6) is -1.17. The van der Waals surface area contributed by atoms with Crippen LogP contribution in [-0.4, -0.2) is 75.9 Å². The van der Waals surface area contributed by atoms with Crippen molar-refractivity contribution >= 4 is 52.5 Å². The van der Waals surface area contributed by atoms with E-state index in [9.17, 15) is 19.2 Å². The minimum Gasteiger partial charge on any atom is -0.491 e. The predicted octanol–water partition coefficient (Wildman–Crippen LogP) is 4.89. The zero-order valence-electron chi connectivity index (χ0n) is 24.1. The maximum Gasteiger partial charge on any atom is 0.335 e. The number of carbonyl (C=O) groups excluding carboxylic acids is 4. The summed E-state index contributed by atoms with van der Waals surface area (Å²) < 4.78 is 12.9. The SMILES string of the molecule is CCCN(CCC)C(=O)Cc1c(-c2ccc(OCCOCCC(=O)ON3C(=O)CCC3=O)cc2)nc2c(Cl)cc(Cl)cn12. The third kappa shape index (κ3) is 8.25. The number of pyridine rings is 1. The van der Waals surface area contributed by atoms with Crippen LogP contribution in [0.3, 0.4) is 0 Å². The van der Waals surface area contributed by atoms with Crippen LogP contribution >= 0.6 is 23.2 Å². The van der Waals surface area contributed by atoms with Crippen LogP contribution in [0.25, 0.3) is 16.9 Å². The Hall–Kier alpha value is -3.67. The molecule has 0 N–H and O–H groups in total. The van der Waals surface area contributed by atoms with Gasteiger partial charge in [-0.3, -0.25) is 14.4 Å². The van der Waals surface area contributed by atoms with E-state index < -0.39 is 17.8 Å². The molecule has 230 valence electrons. The number of carbonyl (C=O) groups is 4. The number of ether oxygens (including phenoxy) is 2. The summed E-state index contributed by atoms with van der Waals surface area (Å²) >= 11 is 12.8. The molecule has 1 aromatic carbocycles. The molecule has 13 heteroatoms. The van der Waals surface area contributed by atoms with E-state index >= 15 is 0 Å². The molecule has 4 rings (SSSR count). The van der Waals surface area contributed by atoms with E-state index in [1.165, 1.54) is 0 Å². The van der Waals surface area contributed by atoms with Crippen molar-refractivity contribution in [3.63, 3.8) is 0 Å². The Bertz CT molecular complexity index is 1450. The van der Waals surface area contributed by atoms with Gasteiger partial charge in [0.15, 0.2) is 5.65 Å². The highest BCUT2D eigenvalue weighted by Crippen LogP contribution is 2.31. The van der Waals surface area contributed by atoms with Crippen LogP contribution in [0.15, 0.2) is 36.5 Å². The third-order valence-electron chi connectivity index (χ3n) is 6.67. The van der Waals surface area contributed by atoms with Gasteiger partial charge in [0.1, 0.15) is 12.4 Å². The number of rotatable bonds is 15. The molecule has 0 bridgehead atoms. The summed E-state index contributed by atoms with van der Waals surface area (Å²) in [4.78, 5) is 59.6. The molecule has 1 saturated heterocycles. The van der Waals surface area contributed by atoms with Crippen molar-refractivity contribution in [1.29, 1.82) is 0 Å². The summed E-state index contributed by atoms with van der Waals surface area (Å²) in [6.45, 7) is 5.94. The molecule has 3 aromatic rings. The van der Waals surface area contributed by atoms with Gasteiger partial charge in [0.2, 0.25) is 5.91 Å². The molecule has 43 heavy (non-hydrogen) atoms. The Morgan fingerprint density at radius 3 is 2.30 bits per heavy atom. The molecule has 1 aliphatic heterocycles. The number of hydroxylamine groups is 2. The molecule has 1 aliphatic rings. The maximum absolute atomic E-state index is 13.3. The second-order valence-corrected chi connectivity index (χ2v) is 10.8. The number of aromatic nitrogens is 2. The molecule has 1 fully saturated rings. The first-order valence-corrected chi connectivity index (χ1v) is 15.0. The first-order chi connectivity index (χ1) is 20.7. The van der Waals surface area contributed by atoms with Gasteiger partial charge >= 0.3 is 5.97 Å². The van der Waals surface area contributed by atoms with Crippen LogP contribution in [0.1, 0.15) is 51.6 Å². The van der Waals surface area contributed by atoms with Gasteiger partial charge in [-0.2, -0.15) is 0 Å². The molecular formula is C30H34Cl2N4O7. The van der Waals surface area contributed by atoms with Crippen LogP contribution < -0.4 is 4.74 Å². The molecule has 2 aromatic heterocycles. The molecule has 3 heterocycles. The fourth-order valence-electron chi connectivity index (χ4n) is 4.67. The van der Waals surface area contributed by atoms with E-state index in [-0.39, 0.29) is 51.4 Å². The Balaban J connectivity index is 1.36. The van der Waals surface area contributed by atoms with E-state index in [1.54, 1.807) is 28.8 Å². The number of amides is 3. The highest BCUT2D eigenvalue weighted by Gasteiger charge is 2.32. The van der Waals surface area contributed by atoms with Gasteiger partial charge in [0, 0.05) is 37.7 Å². The summed E-state index contributed by atoms with van der Waals surface area (Å²) in [5.41, 5.74) is 2.62. The number of imidazole rings is 1. The topological polar surface area (TPSA) is 120 Å². The third-order valence-corrected chi connectivity index (χ3v) is 7.16. The highest BCUT2D eigenvalue weighted by atomic mass is 35.5. The number of imide groups is 1. The van der Waals surface area contributed by atoms with Crippen LogP contribution in [0.4, 0.5) is 0 Å². The molecule has 3 amide bonds. The molecule has 11 nitrogen and oxygen atoms in total. The number of nitrogens with zero attached hydrogens (tertiary/aromatic N) is 4. The van der Waals surface area contributed by atoms with Crippen LogP contribution in [0.2, 0.25) is 10.0 Å². The molecule has 0 aliphatic carbocycles. The fourth-order valence-corrected chi connectivity index (χ4v) is 5.18. The molecule has 0 saturated carbocycles. The summed E-state index contributed by atoms with van der Waals surface area (Å²) in [6.07, 6.45) is 3.56. The molecule has 0 atom stereocenters. The van der Waals surface area contributed by atoms with Crippen molar-refractivity contribution in [3.8, 4) is 17.0 Å². The van der Waals surface area contributed by atoms with E-state index in [0.29, 0.717) is 51.0 Å². The lowest BCUT2D eigenvalue weighted by molar-refractivity contribution is -0.198. The van der Waals surface area contributed by atoms with Crippen molar-refractivity contribution < 1.29 is 33.5 Å².